The Morgan fingerprint density at radius 1 is 1.59 bits per heavy atom. The van der Waals surface area contributed by atoms with Crippen LogP contribution in [0.4, 0.5) is 5.69 Å². The van der Waals surface area contributed by atoms with Gasteiger partial charge in [-0.05, 0) is 12.1 Å². The molecule has 1 aliphatic heterocycles. The number of nitriles is 1. The highest BCUT2D eigenvalue weighted by Crippen LogP contribution is 2.30. The monoisotopic (exact) mass is 231 g/mol. The van der Waals surface area contributed by atoms with Gasteiger partial charge in [0.15, 0.2) is 5.75 Å². The number of ether oxygens (including phenoxy) is 1. The van der Waals surface area contributed by atoms with Crippen LogP contribution in [0.1, 0.15) is 16.8 Å². The Hall–Kier alpha value is -2.22. The standard InChI is InChI=1S/C12H13N3O2/c13-5-2-6-15-12(16)9-3-1-4-10-11(9)17-8-7-14-10/h1,3-4,14H,2,6-8H2,(H,15,16). The van der Waals surface area contributed by atoms with E-state index in [1.807, 2.05) is 12.1 Å². The molecule has 2 rings (SSSR count). The summed E-state index contributed by atoms with van der Waals surface area (Å²) in [5.41, 5.74) is 1.34. The Bertz CT molecular complexity index is 465. The molecule has 0 saturated heterocycles. The molecule has 1 heterocycles. The number of carbonyl (C=O) groups excluding carboxylic acids is 1. The van der Waals surface area contributed by atoms with E-state index in [4.69, 9.17) is 10.00 Å². The Kier molecular flexibility index (Phi) is 3.46. The minimum absolute atomic E-state index is 0.208. The maximum Gasteiger partial charge on any atom is 0.255 e. The van der Waals surface area contributed by atoms with Gasteiger partial charge in [0.2, 0.25) is 0 Å². The number of hydrogen-bond donors (Lipinski definition) is 2. The van der Waals surface area contributed by atoms with Crippen molar-refractivity contribution in [1.29, 1.82) is 5.26 Å². The fraction of sp³-hybridized carbons (Fsp3) is 0.333. The van der Waals surface area contributed by atoms with Crippen molar-refractivity contribution in [3.63, 3.8) is 0 Å². The van der Waals surface area contributed by atoms with Crippen LogP contribution in [0.3, 0.4) is 0 Å². The van der Waals surface area contributed by atoms with Gasteiger partial charge in [-0.25, -0.2) is 0 Å². The van der Waals surface area contributed by atoms with Gasteiger partial charge in [-0.1, -0.05) is 6.07 Å². The van der Waals surface area contributed by atoms with Gasteiger partial charge < -0.3 is 15.4 Å². The molecule has 0 unspecified atom stereocenters. The molecular formula is C12H13N3O2. The molecule has 88 valence electrons. The van der Waals surface area contributed by atoms with Crippen molar-refractivity contribution in [2.45, 2.75) is 6.42 Å². The summed E-state index contributed by atoms with van der Waals surface area (Å²) in [7, 11) is 0. The highest BCUT2D eigenvalue weighted by molar-refractivity contribution is 5.98. The lowest BCUT2D eigenvalue weighted by Gasteiger charge is -2.21. The smallest absolute Gasteiger partial charge is 0.255 e. The van der Waals surface area contributed by atoms with E-state index in [2.05, 4.69) is 10.6 Å². The first-order valence-electron chi connectivity index (χ1n) is 5.48. The SMILES string of the molecule is N#CCCNC(=O)c1cccc2c1OCCN2. The van der Waals surface area contributed by atoms with Crippen LogP contribution in [0.2, 0.25) is 0 Å². The fourth-order valence-corrected chi connectivity index (χ4v) is 1.68. The van der Waals surface area contributed by atoms with Gasteiger partial charge in [-0.3, -0.25) is 4.79 Å². The normalized spacial score (nSPS) is 12.6. The quantitative estimate of drug-likeness (QED) is 0.765. The molecule has 0 atom stereocenters. The van der Waals surface area contributed by atoms with Crippen molar-refractivity contribution in [1.82, 2.24) is 5.32 Å². The molecule has 5 heteroatoms. The number of nitrogens with one attached hydrogen (secondary N) is 2. The average Bonchev–Trinajstić information content (AvgIpc) is 2.38. The lowest BCUT2D eigenvalue weighted by Crippen LogP contribution is -2.27. The summed E-state index contributed by atoms with van der Waals surface area (Å²) >= 11 is 0. The molecule has 1 aliphatic rings. The summed E-state index contributed by atoms with van der Waals surface area (Å²) in [5, 5.41) is 14.3. The van der Waals surface area contributed by atoms with Gasteiger partial charge in [-0.15, -0.1) is 0 Å². The van der Waals surface area contributed by atoms with Crippen LogP contribution in [0.25, 0.3) is 0 Å². The van der Waals surface area contributed by atoms with Crippen LogP contribution in [-0.2, 0) is 0 Å². The fourth-order valence-electron chi connectivity index (χ4n) is 1.68. The molecule has 1 aromatic rings. The number of amides is 1. The molecule has 0 fully saturated rings. The Morgan fingerprint density at radius 2 is 2.47 bits per heavy atom. The van der Waals surface area contributed by atoms with Gasteiger partial charge in [-0.2, -0.15) is 5.26 Å². The Balaban J connectivity index is 2.15. The number of nitrogens with zero attached hydrogens (tertiary/aromatic N) is 1. The highest BCUT2D eigenvalue weighted by atomic mass is 16.5. The number of hydrogen-bond acceptors (Lipinski definition) is 4. The molecule has 17 heavy (non-hydrogen) atoms. The van der Waals surface area contributed by atoms with E-state index in [0.717, 1.165) is 12.2 Å². The van der Waals surface area contributed by atoms with Gasteiger partial charge in [0.1, 0.15) is 6.61 Å². The molecular weight excluding hydrogens is 218 g/mol. The molecule has 1 amide bonds. The predicted octanol–water partition coefficient (Wildman–Crippen LogP) is 1.13. The molecule has 5 nitrogen and oxygen atoms in total. The summed E-state index contributed by atoms with van der Waals surface area (Å²) in [4.78, 5) is 11.9. The van der Waals surface area contributed by atoms with Gasteiger partial charge >= 0.3 is 0 Å². The minimum atomic E-state index is -0.208. The maximum absolute atomic E-state index is 11.9. The van der Waals surface area contributed by atoms with Gasteiger partial charge in [0.25, 0.3) is 5.91 Å². The third-order valence-corrected chi connectivity index (χ3v) is 2.45. The number of fused-ring (bicyclic) bond motifs is 1. The molecule has 0 radical (unpaired) electrons. The second-order valence-corrected chi connectivity index (χ2v) is 3.62. The molecule has 0 aliphatic carbocycles. The molecule has 0 bridgehead atoms. The molecule has 0 aromatic heterocycles. The first-order valence-corrected chi connectivity index (χ1v) is 5.48. The van der Waals surface area contributed by atoms with E-state index in [0.29, 0.717) is 30.9 Å². The second kappa shape index (κ2) is 5.21. The molecule has 1 aromatic carbocycles. The van der Waals surface area contributed by atoms with Crippen LogP contribution < -0.4 is 15.4 Å². The predicted molar refractivity (Wildman–Crippen MR) is 63.0 cm³/mol. The zero-order chi connectivity index (χ0) is 12.1. The van der Waals surface area contributed by atoms with E-state index in [9.17, 15) is 4.79 Å². The van der Waals surface area contributed by atoms with Crippen molar-refractivity contribution in [2.75, 3.05) is 25.0 Å². The number of carbonyl (C=O) groups is 1. The number of para-hydroxylation sites is 1. The van der Waals surface area contributed by atoms with E-state index in [-0.39, 0.29) is 5.91 Å². The van der Waals surface area contributed by atoms with Gasteiger partial charge in [0.05, 0.1) is 23.7 Å². The lowest BCUT2D eigenvalue weighted by atomic mass is 10.1. The number of anilines is 1. The van der Waals surface area contributed by atoms with Gasteiger partial charge in [0, 0.05) is 13.1 Å². The Labute approximate surface area is 99.4 Å². The van der Waals surface area contributed by atoms with Crippen molar-refractivity contribution < 1.29 is 9.53 Å². The first-order chi connectivity index (χ1) is 8.33. The van der Waals surface area contributed by atoms with E-state index < -0.39 is 0 Å². The summed E-state index contributed by atoms with van der Waals surface area (Å²) in [5.74, 6) is 0.383. The zero-order valence-electron chi connectivity index (χ0n) is 9.32. The average molecular weight is 231 g/mol. The third-order valence-electron chi connectivity index (χ3n) is 2.45. The summed E-state index contributed by atoms with van der Waals surface area (Å²) in [6.45, 7) is 1.65. The zero-order valence-corrected chi connectivity index (χ0v) is 9.32. The summed E-state index contributed by atoms with van der Waals surface area (Å²) in [6.07, 6.45) is 0.305. The van der Waals surface area contributed by atoms with Crippen LogP contribution in [0.5, 0.6) is 5.75 Å². The lowest BCUT2D eigenvalue weighted by molar-refractivity contribution is 0.0950. The van der Waals surface area contributed by atoms with Crippen LogP contribution in [-0.4, -0.2) is 25.6 Å². The van der Waals surface area contributed by atoms with Crippen LogP contribution in [0.15, 0.2) is 18.2 Å². The van der Waals surface area contributed by atoms with Crippen molar-refractivity contribution in [3.05, 3.63) is 23.8 Å². The van der Waals surface area contributed by atoms with E-state index in [1.165, 1.54) is 0 Å². The molecule has 2 N–H and O–H groups in total. The maximum atomic E-state index is 11.9. The first kappa shape index (κ1) is 11.3. The number of benzene rings is 1. The van der Waals surface area contributed by atoms with E-state index >= 15 is 0 Å². The van der Waals surface area contributed by atoms with Crippen molar-refractivity contribution in [2.24, 2.45) is 0 Å². The third kappa shape index (κ3) is 2.48. The summed E-state index contributed by atoms with van der Waals surface area (Å²) in [6, 6.07) is 7.38. The Morgan fingerprint density at radius 3 is 3.29 bits per heavy atom. The highest BCUT2D eigenvalue weighted by Gasteiger charge is 2.18. The minimum Gasteiger partial charge on any atom is -0.489 e. The van der Waals surface area contributed by atoms with Crippen molar-refractivity contribution in [3.8, 4) is 11.8 Å². The second-order valence-electron chi connectivity index (χ2n) is 3.62. The summed E-state index contributed by atoms with van der Waals surface area (Å²) < 4.78 is 5.49. The van der Waals surface area contributed by atoms with Crippen molar-refractivity contribution >= 4 is 11.6 Å². The number of rotatable bonds is 3. The van der Waals surface area contributed by atoms with Crippen LogP contribution >= 0.6 is 0 Å². The molecule has 0 spiro atoms. The molecule has 0 saturated carbocycles. The van der Waals surface area contributed by atoms with Crippen LogP contribution in [0, 0.1) is 11.3 Å². The van der Waals surface area contributed by atoms with E-state index in [1.54, 1.807) is 12.1 Å². The topological polar surface area (TPSA) is 74.2 Å². The largest absolute Gasteiger partial charge is 0.489 e.